The van der Waals surface area contributed by atoms with Crippen LogP contribution in [0.15, 0.2) is 12.5 Å². The van der Waals surface area contributed by atoms with E-state index < -0.39 is 31.9 Å². The van der Waals surface area contributed by atoms with E-state index in [1.807, 2.05) is 0 Å². The first-order valence-electron chi connectivity index (χ1n) is 9.78. The van der Waals surface area contributed by atoms with Crippen LogP contribution in [0, 0.1) is 0 Å². The smallest absolute Gasteiger partial charge is 0.368 e. The quantitative estimate of drug-likeness (QED) is 0.331. The molecule has 0 aliphatic carbocycles. The van der Waals surface area contributed by atoms with E-state index in [9.17, 15) is 13.3 Å². The van der Waals surface area contributed by atoms with Crippen LogP contribution in [0.25, 0.3) is 11.2 Å². The second-order valence-electron chi connectivity index (χ2n) is 7.61. The van der Waals surface area contributed by atoms with Gasteiger partial charge in [0.05, 0.1) is 31.3 Å². The Hall–Kier alpha value is -2.21. The Kier molecular flexibility index (Phi) is 7.13. The van der Waals surface area contributed by atoms with E-state index in [1.54, 1.807) is 4.57 Å². The average Bonchev–Trinajstić information content (AvgIpc) is 3.26. The van der Waals surface area contributed by atoms with E-state index in [-0.39, 0.29) is 24.2 Å². The molecule has 0 aliphatic heterocycles. The van der Waals surface area contributed by atoms with Crippen molar-refractivity contribution in [3.63, 3.8) is 0 Å². The summed E-state index contributed by atoms with van der Waals surface area (Å²) in [6.45, 7) is 6.01. The number of hydrogen-bond acceptors (Lipinski definition) is 9. The van der Waals surface area contributed by atoms with Gasteiger partial charge in [0, 0.05) is 13.0 Å². The lowest BCUT2D eigenvalue weighted by Crippen LogP contribution is -2.25. The van der Waals surface area contributed by atoms with Crippen LogP contribution >= 0.6 is 19.2 Å². The number of nitrogens with zero attached hydrogens (tertiary/aromatic N) is 7. The molecule has 176 valence electrons. The van der Waals surface area contributed by atoms with Gasteiger partial charge < -0.3 is 19.3 Å². The summed E-state index contributed by atoms with van der Waals surface area (Å²) < 4.78 is 55.3. The van der Waals surface area contributed by atoms with Gasteiger partial charge in [-0.1, -0.05) is 16.8 Å². The number of aromatic nitrogens is 7. The molecule has 32 heavy (non-hydrogen) atoms. The van der Waals surface area contributed by atoms with Crippen molar-refractivity contribution in [1.29, 1.82) is 0 Å². The van der Waals surface area contributed by atoms with Gasteiger partial charge in [0.25, 0.3) is 0 Å². The highest BCUT2D eigenvalue weighted by Gasteiger charge is 2.54. The molecule has 15 heteroatoms. The van der Waals surface area contributed by atoms with Gasteiger partial charge in [0.1, 0.15) is 11.2 Å². The largest absolute Gasteiger partial charge is 0.400 e. The molecule has 0 amide bonds. The van der Waals surface area contributed by atoms with Gasteiger partial charge in [-0.05, 0) is 27.7 Å². The van der Waals surface area contributed by atoms with Crippen molar-refractivity contribution < 1.29 is 22.4 Å². The molecule has 0 bridgehead atoms. The third kappa shape index (κ3) is 5.40. The number of anilines is 1. The van der Waals surface area contributed by atoms with Crippen molar-refractivity contribution >= 4 is 36.3 Å². The lowest BCUT2D eigenvalue weighted by atomic mass is 10.4. The van der Waals surface area contributed by atoms with Crippen molar-refractivity contribution in [3.8, 4) is 0 Å². The van der Waals surface area contributed by atoms with E-state index in [4.69, 9.17) is 26.4 Å². The van der Waals surface area contributed by atoms with Gasteiger partial charge in [-0.3, -0.25) is 9.25 Å². The SMILES string of the molecule is CC(C)OP(=O)(OC(C)C)C(F)(F)CCn1cc(Cn2cnc3c(Cl)nc(N)nc32)nn1. The molecule has 0 unspecified atom stereocenters. The number of nitrogen functional groups attached to an aromatic ring is 1. The molecule has 0 aromatic carbocycles. The zero-order chi connectivity index (χ0) is 23.7. The fourth-order valence-electron chi connectivity index (χ4n) is 2.86. The molecule has 3 rings (SSSR count). The summed E-state index contributed by atoms with van der Waals surface area (Å²) in [4.78, 5) is 12.1. The summed E-state index contributed by atoms with van der Waals surface area (Å²) in [6, 6.07) is 0. The van der Waals surface area contributed by atoms with Crippen LogP contribution in [0.3, 0.4) is 0 Å². The molecule has 0 aliphatic rings. The van der Waals surface area contributed by atoms with Gasteiger partial charge >= 0.3 is 13.3 Å². The highest BCUT2D eigenvalue weighted by Crippen LogP contribution is 2.64. The highest BCUT2D eigenvalue weighted by molar-refractivity contribution is 7.55. The monoisotopic (exact) mass is 492 g/mol. The van der Waals surface area contributed by atoms with Crippen molar-refractivity contribution in [2.75, 3.05) is 5.73 Å². The minimum absolute atomic E-state index is 0.00759. The Morgan fingerprint density at radius 1 is 1.22 bits per heavy atom. The zero-order valence-electron chi connectivity index (χ0n) is 17.9. The minimum atomic E-state index is -4.69. The van der Waals surface area contributed by atoms with E-state index in [1.165, 1.54) is 44.9 Å². The number of imidazole rings is 1. The number of rotatable bonds is 10. The fraction of sp³-hybridized carbons (Fsp3) is 0.588. The van der Waals surface area contributed by atoms with Gasteiger partial charge in [0.15, 0.2) is 10.8 Å². The second-order valence-corrected chi connectivity index (χ2v) is 10.0. The molecule has 3 aromatic rings. The number of alkyl halides is 2. The van der Waals surface area contributed by atoms with Gasteiger partial charge in [-0.2, -0.15) is 18.7 Å². The molecule has 3 aromatic heterocycles. The first-order chi connectivity index (χ1) is 14.9. The van der Waals surface area contributed by atoms with E-state index in [0.29, 0.717) is 16.9 Å². The summed E-state index contributed by atoms with van der Waals surface area (Å²) in [5.41, 5.74) is 3.16. The second kappa shape index (κ2) is 9.34. The van der Waals surface area contributed by atoms with Crippen LogP contribution in [0.4, 0.5) is 14.7 Å². The van der Waals surface area contributed by atoms with Crippen molar-refractivity contribution in [3.05, 3.63) is 23.4 Å². The van der Waals surface area contributed by atoms with Gasteiger partial charge in [-0.15, -0.1) is 5.10 Å². The molecule has 0 saturated carbocycles. The standard InChI is InChI=1S/C17H24ClF2N8O3P/c1-10(2)30-32(29,31-11(3)4)17(19,20)5-6-28-8-12(25-26-28)7-27-9-22-13-14(18)23-16(21)24-15(13)27/h8-11H,5-7H2,1-4H3,(H2,21,23,24). The highest BCUT2D eigenvalue weighted by atomic mass is 35.5. The first kappa shape index (κ1) is 24.4. The number of aryl methyl sites for hydroxylation is 1. The summed E-state index contributed by atoms with van der Waals surface area (Å²) in [6.07, 6.45) is 0.783. The molecule has 0 atom stereocenters. The molecule has 11 nitrogen and oxygen atoms in total. The van der Waals surface area contributed by atoms with Crippen LogP contribution < -0.4 is 5.73 Å². The predicted octanol–water partition coefficient (Wildman–Crippen LogP) is 3.73. The Morgan fingerprint density at radius 2 is 1.88 bits per heavy atom. The maximum Gasteiger partial charge on any atom is 0.400 e. The molecule has 0 radical (unpaired) electrons. The number of fused-ring (bicyclic) bond motifs is 1. The fourth-order valence-corrected chi connectivity index (χ4v) is 4.92. The van der Waals surface area contributed by atoms with E-state index >= 15 is 0 Å². The number of hydrogen-bond donors (Lipinski definition) is 1. The summed E-state index contributed by atoms with van der Waals surface area (Å²) in [7, 11) is -4.69. The summed E-state index contributed by atoms with van der Waals surface area (Å²) >= 11 is 6.01. The predicted molar refractivity (Wildman–Crippen MR) is 113 cm³/mol. The maximum atomic E-state index is 14.8. The Labute approximate surface area is 187 Å². The Bertz CT molecular complexity index is 1120. The van der Waals surface area contributed by atoms with Crippen LogP contribution in [0.2, 0.25) is 5.15 Å². The first-order valence-corrected chi connectivity index (χ1v) is 11.7. The minimum Gasteiger partial charge on any atom is -0.368 e. The molecule has 3 heterocycles. The number of nitrogens with two attached hydrogens (primary N) is 1. The normalized spacial score (nSPS) is 13.0. The van der Waals surface area contributed by atoms with Gasteiger partial charge in [-0.25, -0.2) is 4.98 Å². The third-order valence-corrected chi connectivity index (χ3v) is 6.79. The molecule has 0 saturated heterocycles. The Balaban J connectivity index is 1.72. The van der Waals surface area contributed by atoms with Gasteiger partial charge in [0.2, 0.25) is 5.95 Å². The van der Waals surface area contributed by atoms with Crippen molar-refractivity contribution in [2.24, 2.45) is 0 Å². The maximum absolute atomic E-state index is 14.8. The zero-order valence-corrected chi connectivity index (χ0v) is 19.6. The van der Waals surface area contributed by atoms with E-state index in [2.05, 4.69) is 25.3 Å². The van der Waals surface area contributed by atoms with Crippen molar-refractivity contribution in [1.82, 2.24) is 34.5 Å². The van der Waals surface area contributed by atoms with E-state index in [0.717, 1.165) is 0 Å². The molecular weight excluding hydrogens is 469 g/mol. The van der Waals surface area contributed by atoms with Crippen LogP contribution in [0.1, 0.15) is 39.8 Å². The molecule has 2 N–H and O–H groups in total. The van der Waals surface area contributed by atoms with Crippen molar-refractivity contribution in [2.45, 2.75) is 65.1 Å². The molecule has 0 spiro atoms. The Morgan fingerprint density at radius 3 is 2.50 bits per heavy atom. The lowest BCUT2D eigenvalue weighted by Gasteiger charge is -2.29. The van der Waals surface area contributed by atoms with Crippen LogP contribution in [-0.2, 0) is 26.7 Å². The topological polar surface area (TPSA) is 136 Å². The molecule has 0 fully saturated rings. The summed E-state index contributed by atoms with van der Waals surface area (Å²) in [5, 5.41) is 7.97. The van der Waals surface area contributed by atoms with Crippen LogP contribution in [-0.4, -0.2) is 52.4 Å². The lowest BCUT2D eigenvalue weighted by molar-refractivity contribution is 0.0104. The van der Waals surface area contributed by atoms with Crippen LogP contribution in [0.5, 0.6) is 0 Å². The molecular formula is C17H24ClF2N8O3P. The summed E-state index contributed by atoms with van der Waals surface area (Å²) in [5.74, 6) is -0.00759. The third-order valence-electron chi connectivity index (χ3n) is 4.10. The average molecular weight is 493 g/mol. The number of halogens is 3.